The topological polar surface area (TPSA) is 58.0 Å². The Morgan fingerprint density at radius 2 is 2.05 bits per heavy atom. The van der Waals surface area contributed by atoms with Gasteiger partial charge in [-0.25, -0.2) is 0 Å². The van der Waals surface area contributed by atoms with E-state index in [9.17, 15) is 4.79 Å². The third-order valence-corrected chi connectivity index (χ3v) is 3.10. The quantitative estimate of drug-likeness (QED) is 0.769. The van der Waals surface area contributed by atoms with E-state index in [4.69, 9.17) is 16.0 Å². The van der Waals surface area contributed by atoms with Crippen LogP contribution in [-0.2, 0) is 6.54 Å². The molecule has 19 heavy (non-hydrogen) atoms. The van der Waals surface area contributed by atoms with Crippen molar-refractivity contribution >= 4 is 28.6 Å². The summed E-state index contributed by atoms with van der Waals surface area (Å²) in [6.45, 7) is 0.455. The van der Waals surface area contributed by atoms with Gasteiger partial charge in [-0.3, -0.25) is 4.79 Å². The minimum atomic E-state index is -0.165. The Labute approximate surface area is 114 Å². The van der Waals surface area contributed by atoms with Gasteiger partial charge in [0.05, 0.1) is 11.8 Å². The van der Waals surface area contributed by atoms with E-state index in [0.717, 1.165) is 11.1 Å². The predicted molar refractivity (Wildman–Crippen MR) is 73.2 cm³/mol. The van der Waals surface area contributed by atoms with E-state index in [1.165, 1.54) is 0 Å². The first-order valence-corrected chi connectivity index (χ1v) is 6.19. The molecule has 1 aromatic carbocycles. The van der Waals surface area contributed by atoms with Crippen LogP contribution in [0.2, 0.25) is 5.02 Å². The average Bonchev–Trinajstić information content (AvgIpc) is 2.98. The van der Waals surface area contributed by atoms with Crippen molar-refractivity contribution in [1.29, 1.82) is 0 Å². The molecule has 4 nitrogen and oxygen atoms in total. The lowest BCUT2D eigenvalue weighted by molar-refractivity contribution is 0.0946. The number of fused-ring (bicyclic) bond motifs is 1. The lowest BCUT2D eigenvalue weighted by atomic mass is 10.2. The van der Waals surface area contributed by atoms with Crippen molar-refractivity contribution in [2.24, 2.45) is 0 Å². The minimum absolute atomic E-state index is 0.165. The number of hydrogen-bond donors (Lipinski definition) is 2. The maximum atomic E-state index is 11.9. The molecule has 96 valence electrons. The van der Waals surface area contributed by atoms with Gasteiger partial charge in [0.2, 0.25) is 0 Å². The number of rotatable bonds is 3. The van der Waals surface area contributed by atoms with Gasteiger partial charge < -0.3 is 14.7 Å². The van der Waals surface area contributed by atoms with E-state index in [2.05, 4.69) is 10.3 Å². The Hall–Kier alpha value is -2.20. The number of H-pyrrole nitrogens is 1. The van der Waals surface area contributed by atoms with E-state index in [-0.39, 0.29) is 5.91 Å². The first kappa shape index (κ1) is 11.9. The molecular weight excluding hydrogens is 264 g/mol. The van der Waals surface area contributed by atoms with Crippen molar-refractivity contribution in [2.45, 2.75) is 6.54 Å². The largest absolute Gasteiger partial charge is 0.463 e. The fourth-order valence-electron chi connectivity index (χ4n) is 1.85. The Balaban J connectivity index is 1.68. The molecule has 0 fully saturated rings. The van der Waals surface area contributed by atoms with Crippen molar-refractivity contribution < 1.29 is 9.21 Å². The van der Waals surface area contributed by atoms with E-state index in [0.29, 0.717) is 22.8 Å². The molecule has 0 aliphatic heterocycles. The highest BCUT2D eigenvalue weighted by molar-refractivity contribution is 6.30. The summed E-state index contributed by atoms with van der Waals surface area (Å²) in [6, 6.07) is 10.8. The second-order valence-corrected chi connectivity index (χ2v) is 4.63. The molecule has 0 spiro atoms. The van der Waals surface area contributed by atoms with Crippen molar-refractivity contribution in [1.82, 2.24) is 10.3 Å². The van der Waals surface area contributed by atoms with Gasteiger partial charge in [0.15, 0.2) is 5.58 Å². The lowest BCUT2D eigenvalue weighted by Crippen LogP contribution is -2.22. The first-order valence-electron chi connectivity index (χ1n) is 5.81. The van der Waals surface area contributed by atoms with Gasteiger partial charge in [0.25, 0.3) is 5.91 Å². The molecule has 0 radical (unpaired) electrons. The van der Waals surface area contributed by atoms with Gasteiger partial charge in [-0.1, -0.05) is 23.7 Å². The Morgan fingerprint density at radius 1 is 1.26 bits per heavy atom. The molecule has 5 heteroatoms. The zero-order valence-corrected chi connectivity index (χ0v) is 10.7. The van der Waals surface area contributed by atoms with Crippen LogP contribution in [-0.4, -0.2) is 10.9 Å². The number of nitrogens with one attached hydrogen (secondary N) is 2. The first-order chi connectivity index (χ1) is 9.22. The second kappa shape index (κ2) is 4.82. The van der Waals surface area contributed by atoms with Gasteiger partial charge in [0, 0.05) is 23.7 Å². The van der Waals surface area contributed by atoms with Gasteiger partial charge in [-0.2, -0.15) is 0 Å². The number of carbonyl (C=O) groups excluding carboxylic acids is 1. The maximum absolute atomic E-state index is 11.9. The van der Waals surface area contributed by atoms with Crippen LogP contribution in [0.3, 0.4) is 0 Å². The summed E-state index contributed by atoms with van der Waals surface area (Å²) in [5.74, 6) is -0.165. The summed E-state index contributed by atoms with van der Waals surface area (Å²) in [6.07, 6.45) is 1.58. The monoisotopic (exact) mass is 274 g/mol. The Morgan fingerprint density at radius 3 is 2.79 bits per heavy atom. The molecule has 0 aliphatic rings. The highest BCUT2D eigenvalue weighted by Crippen LogP contribution is 2.16. The van der Waals surface area contributed by atoms with Crippen molar-refractivity contribution in [2.75, 3.05) is 0 Å². The fraction of sp³-hybridized carbons (Fsp3) is 0.0714. The molecule has 3 aromatic rings. The van der Waals surface area contributed by atoms with E-state index < -0.39 is 0 Å². The van der Waals surface area contributed by atoms with Crippen LogP contribution in [0, 0.1) is 0 Å². The van der Waals surface area contributed by atoms with Crippen LogP contribution < -0.4 is 5.32 Å². The molecule has 0 aliphatic carbocycles. The van der Waals surface area contributed by atoms with Crippen molar-refractivity contribution in [3.05, 3.63) is 58.9 Å². The number of halogens is 1. The van der Waals surface area contributed by atoms with Gasteiger partial charge >= 0.3 is 0 Å². The molecule has 0 saturated heterocycles. The molecule has 0 unspecified atom stereocenters. The number of carbonyl (C=O) groups is 1. The zero-order valence-electron chi connectivity index (χ0n) is 9.94. The number of hydrogen-bond acceptors (Lipinski definition) is 2. The molecule has 0 bridgehead atoms. The summed E-state index contributed by atoms with van der Waals surface area (Å²) in [5.41, 5.74) is 2.98. The molecule has 0 saturated carbocycles. The van der Waals surface area contributed by atoms with Crippen LogP contribution in [0.1, 0.15) is 16.1 Å². The van der Waals surface area contributed by atoms with Crippen LogP contribution >= 0.6 is 11.6 Å². The predicted octanol–water partition coefficient (Wildman–Crippen LogP) is 3.34. The van der Waals surface area contributed by atoms with E-state index >= 15 is 0 Å². The van der Waals surface area contributed by atoms with Gasteiger partial charge in [-0.15, -0.1) is 0 Å². The maximum Gasteiger partial charge on any atom is 0.268 e. The average molecular weight is 275 g/mol. The van der Waals surface area contributed by atoms with Gasteiger partial charge in [-0.05, 0) is 17.7 Å². The lowest BCUT2D eigenvalue weighted by Gasteiger charge is -2.03. The Kier molecular flexibility index (Phi) is 3.01. The number of aromatic nitrogens is 1. The molecule has 2 heterocycles. The van der Waals surface area contributed by atoms with E-state index in [1.807, 2.05) is 12.1 Å². The summed E-state index contributed by atoms with van der Waals surface area (Å²) in [4.78, 5) is 14.9. The summed E-state index contributed by atoms with van der Waals surface area (Å²) in [5, 5.41) is 3.51. The smallest absolute Gasteiger partial charge is 0.268 e. The number of benzene rings is 1. The summed E-state index contributed by atoms with van der Waals surface area (Å²) < 4.78 is 5.20. The van der Waals surface area contributed by atoms with Crippen LogP contribution in [0.5, 0.6) is 0 Å². The van der Waals surface area contributed by atoms with Crippen LogP contribution in [0.15, 0.2) is 47.1 Å². The SMILES string of the molecule is O=C(NCc1ccc(Cl)cc1)c1cc2occc2[nH]1. The normalized spacial score (nSPS) is 10.8. The van der Waals surface area contributed by atoms with Crippen molar-refractivity contribution in [3.63, 3.8) is 0 Å². The van der Waals surface area contributed by atoms with Crippen LogP contribution in [0.4, 0.5) is 0 Å². The van der Waals surface area contributed by atoms with E-state index in [1.54, 1.807) is 30.5 Å². The zero-order chi connectivity index (χ0) is 13.2. The fourth-order valence-corrected chi connectivity index (χ4v) is 1.98. The minimum Gasteiger partial charge on any atom is -0.463 e. The highest BCUT2D eigenvalue weighted by Gasteiger charge is 2.10. The number of aromatic amines is 1. The Bertz CT molecular complexity index is 684. The summed E-state index contributed by atoms with van der Waals surface area (Å²) >= 11 is 5.80. The molecule has 3 rings (SSSR count). The third-order valence-electron chi connectivity index (χ3n) is 2.85. The highest BCUT2D eigenvalue weighted by atomic mass is 35.5. The third kappa shape index (κ3) is 2.48. The molecule has 2 N–H and O–H groups in total. The summed E-state index contributed by atoms with van der Waals surface area (Å²) in [7, 11) is 0. The van der Waals surface area contributed by atoms with Crippen molar-refractivity contribution in [3.8, 4) is 0 Å². The number of amides is 1. The standard InChI is InChI=1S/C14H11ClN2O2/c15-10-3-1-9(2-4-10)8-16-14(18)12-7-13-11(17-12)5-6-19-13/h1-7,17H,8H2,(H,16,18). The number of furan rings is 1. The molecule has 0 atom stereocenters. The van der Waals surface area contributed by atoms with Crippen LogP contribution in [0.25, 0.3) is 11.1 Å². The van der Waals surface area contributed by atoms with Gasteiger partial charge in [0.1, 0.15) is 5.69 Å². The molecular formula is C14H11ClN2O2. The second-order valence-electron chi connectivity index (χ2n) is 4.19. The molecule has 1 amide bonds. The molecule has 2 aromatic heterocycles.